The predicted octanol–water partition coefficient (Wildman–Crippen LogP) is 4.18. The number of hydrogen-bond donors (Lipinski definition) is 1. The van der Waals surface area contributed by atoms with E-state index in [1.165, 1.54) is 24.0 Å². The molecular formula is C16H13ClF2N2O2S. The number of nitrogens with zero attached hydrogens (tertiary/aromatic N) is 1. The first kappa shape index (κ1) is 18.2. The van der Waals surface area contributed by atoms with Crippen molar-refractivity contribution in [1.29, 1.82) is 0 Å². The largest absolute Gasteiger partial charge is 0.434 e. The summed E-state index contributed by atoms with van der Waals surface area (Å²) in [7, 11) is 0. The highest BCUT2D eigenvalue weighted by Crippen LogP contribution is 2.20. The van der Waals surface area contributed by atoms with Crippen molar-refractivity contribution in [3.63, 3.8) is 0 Å². The third-order valence-corrected chi connectivity index (χ3v) is 3.98. The number of alkyl halides is 2. The molecule has 0 atom stereocenters. The number of hydrazone groups is 1. The number of carbonyl (C=O) groups is 1. The lowest BCUT2D eigenvalue weighted by molar-refractivity contribution is -0.118. The highest BCUT2D eigenvalue weighted by atomic mass is 35.5. The average molecular weight is 371 g/mol. The van der Waals surface area contributed by atoms with E-state index in [-0.39, 0.29) is 17.4 Å². The summed E-state index contributed by atoms with van der Waals surface area (Å²) in [5.41, 5.74) is 2.67. The van der Waals surface area contributed by atoms with Crippen LogP contribution in [0.2, 0.25) is 5.02 Å². The summed E-state index contributed by atoms with van der Waals surface area (Å²) in [5.74, 6) is -0.173. The Morgan fingerprint density at radius 1 is 1.25 bits per heavy atom. The second-order valence-corrected chi connectivity index (χ2v) is 5.94. The Kier molecular flexibility index (Phi) is 7.02. The molecule has 2 aromatic carbocycles. The van der Waals surface area contributed by atoms with Crippen LogP contribution in [-0.4, -0.2) is 24.5 Å². The van der Waals surface area contributed by atoms with E-state index in [0.29, 0.717) is 10.6 Å². The molecule has 0 unspecified atom stereocenters. The Hall–Kier alpha value is -2.12. The lowest BCUT2D eigenvalue weighted by atomic mass is 10.2. The molecule has 24 heavy (non-hydrogen) atoms. The van der Waals surface area contributed by atoms with Crippen LogP contribution < -0.4 is 10.2 Å². The lowest BCUT2D eigenvalue weighted by Gasteiger charge is -2.06. The molecule has 0 spiro atoms. The van der Waals surface area contributed by atoms with Crippen molar-refractivity contribution in [2.75, 3.05) is 5.75 Å². The van der Waals surface area contributed by atoms with Gasteiger partial charge >= 0.3 is 6.61 Å². The van der Waals surface area contributed by atoms with Crippen LogP contribution in [0.4, 0.5) is 8.78 Å². The van der Waals surface area contributed by atoms with Crippen LogP contribution in [0.25, 0.3) is 0 Å². The zero-order valence-corrected chi connectivity index (χ0v) is 13.9. The molecule has 8 heteroatoms. The Morgan fingerprint density at radius 2 is 1.96 bits per heavy atom. The molecule has 0 aliphatic rings. The highest BCUT2D eigenvalue weighted by molar-refractivity contribution is 8.00. The Bertz CT molecular complexity index is 711. The van der Waals surface area contributed by atoms with Gasteiger partial charge in [0, 0.05) is 15.5 Å². The molecule has 0 aliphatic carbocycles. The molecule has 0 saturated carbocycles. The number of halogens is 3. The third-order valence-electron chi connectivity index (χ3n) is 2.71. The first-order valence-corrected chi connectivity index (χ1v) is 8.15. The van der Waals surface area contributed by atoms with Gasteiger partial charge in [-0.25, -0.2) is 5.43 Å². The summed E-state index contributed by atoms with van der Waals surface area (Å²) in [5, 5.41) is 4.38. The second kappa shape index (κ2) is 9.24. The van der Waals surface area contributed by atoms with Gasteiger partial charge < -0.3 is 4.74 Å². The predicted molar refractivity (Wildman–Crippen MR) is 91.0 cm³/mol. The van der Waals surface area contributed by atoms with E-state index >= 15 is 0 Å². The minimum atomic E-state index is -2.93. The van der Waals surface area contributed by atoms with Gasteiger partial charge in [0.2, 0.25) is 5.91 Å². The number of hydrogen-bond acceptors (Lipinski definition) is 4. The molecule has 0 aromatic heterocycles. The molecule has 0 bridgehead atoms. The molecule has 0 saturated heterocycles. The number of rotatable bonds is 7. The van der Waals surface area contributed by atoms with E-state index in [1.807, 2.05) is 12.1 Å². The van der Waals surface area contributed by atoms with E-state index in [0.717, 1.165) is 4.90 Å². The molecule has 4 nitrogen and oxygen atoms in total. The van der Waals surface area contributed by atoms with Gasteiger partial charge in [-0.05, 0) is 36.4 Å². The average Bonchev–Trinajstić information content (AvgIpc) is 2.55. The Labute approximate surface area is 146 Å². The van der Waals surface area contributed by atoms with E-state index in [9.17, 15) is 13.6 Å². The quantitative estimate of drug-likeness (QED) is 0.452. The zero-order chi connectivity index (χ0) is 17.4. The highest BCUT2D eigenvalue weighted by Gasteiger charge is 2.07. The van der Waals surface area contributed by atoms with Gasteiger partial charge in [0.1, 0.15) is 5.75 Å². The number of ether oxygens (including phenoxy) is 1. The van der Waals surface area contributed by atoms with Crippen molar-refractivity contribution in [2.24, 2.45) is 5.10 Å². The monoisotopic (exact) mass is 370 g/mol. The van der Waals surface area contributed by atoms with Crippen LogP contribution >= 0.6 is 23.4 Å². The number of thioether (sulfide) groups is 1. The van der Waals surface area contributed by atoms with Crippen LogP contribution in [0.15, 0.2) is 58.5 Å². The zero-order valence-electron chi connectivity index (χ0n) is 12.3. The van der Waals surface area contributed by atoms with Crippen LogP contribution in [0.1, 0.15) is 5.56 Å². The van der Waals surface area contributed by atoms with E-state index in [2.05, 4.69) is 15.3 Å². The fourth-order valence-corrected chi connectivity index (χ4v) is 2.49. The van der Waals surface area contributed by atoms with Crippen molar-refractivity contribution < 1.29 is 18.3 Å². The van der Waals surface area contributed by atoms with Crippen LogP contribution in [0.3, 0.4) is 0 Å². The maximum absolute atomic E-state index is 12.3. The van der Waals surface area contributed by atoms with Crippen molar-refractivity contribution in [3.05, 3.63) is 59.1 Å². The van der Waals surface area contributed by atoms with Crippen LogP contribution in [0.5, 0.6) is 5.75 Å². The van der Waals surface area contributed by atoms with E-state index < -0.39 is 6.61 Å². The lowest BCUT2D eigenvalue weighted by Crippen LogP contribution is -2.19. The smallest absolute Gasteiger partial charge is 0.387 e. The topological polar surface area (TPSA) is 50.7 Å². The first-order valence-electron chi connectivity index (χ1n) is 6.78. The molecule has 1 N–H and O–H groups in total. The van der Waals surface area contributed by atoms with Crippen LogP contribution in [-0.2, 0) is 4.79 Å². The molecule has 126 valence electrons. The number of benzene rings is 2. The summed E-state index contributed by atoms with van der Waals surface area (Å²) >= 11 is 7.11. The molecular weight excluding hydrogens is 358 g/mol. The van der Waals surface area contributed by atoms with E-state index in [1.54, 1.807) is 30.3 Å². The van der Waals surface area contributed by atoms with Crippen molar-refractivity contribution in [1.82, 2.24) is 5.43 Å². The SMILES string of the molecule is O=C(CSc1ccc(Cl)cc1)N/N=C\c1ccccc1OC(F)F. The van der Waals surface area contributed by atoms with Gasteiger partial charge in [0.05, 0.1) is 12.0 Å². The first-order chi connectivity index (χ1) is 11.5. The molecule has 0 heterocycles. The fraction of sp³-hybridized carbons (Fsp3) is 0.125. The van der Waals surface area contributed by atoms with Crippen molar-refractivity contribution in [3.8, 4) is 5.75 Å². The number of amides is 1. The number of carbonyl (C=O) groups excluding carboxylic acids is 1. The molecule has 0 radical (unpaired) electrons. The summed E-state index contributed by atoms with van der Waals surface area (Å²) in [6.07, 6.45) is 1.25. The molecule has 2 rings (SSSR count). The van der Waals surface area contributed by atoms with Gasteiger partial charge in [0.25, 0.3) is 0 Å². The Morgan fingerprint density at radius 3 is 2.67 bits per heavy atom. The third kappa shape index (κ3) is 6.17. The normalized spacial score (nSPS) is 11.0. The summed E-state index contributed by atoms with van der Waals surface area (Å²) in [6.45, 7) is -2.93. The minimum absolute atomic E-state index is 0.0129. The van der Waals surface area contributed by atoms with Crippen molar-refractivity contribution >= 4 is 35.5 Å². The summed E-state index contributed by atoms with van der Waals surface area (Å²) < 4.78 is 28.9. The maximum Gasteiger partial charge on any atom is 0.387 e. The second-order valence-electron chi connectivity index (χ2n) is 4.45. The van der Waals surface area contributed by atoms with Gasteiger partial charge in [-0.1, -0.05) is 23.7 Å². The summed E-state index contributed by atoms with van der Waals surface area (Å²) in [4.78, 5) is 12.6. The van der Waals surface area contributed by atoms with Gasteiger partial charge in [-0.15, -0.1) is 11.8 Å². The van der Waals surface area contributed by atoms with E-state index in [4.69, 9.17) is 11.6 Å². The minimum Gasteiger partial charge on any atom is -0.434 e. The summed E-state index contributed by atoms with van der Waals surface area (Å²) in [6, 6.07) is 13.2. The Balaban J connectivity index is 1.85. The van der Waals surface area contributed by atoms with Crippen molar-refractivity contribution in [2.45, 2.75) is 11.5 Å². The molecule has 1 amide bonds. The molecule has 2 aromatic rings. The van der Waals surface area contributed by atoms with Crippen LogP contribution in [0, 0.1) is 0 Å². The molecule has 0 aliphatic heterocycles. The number of nitrogens with one attached hydrogen (secondary N) is 1. The van der Waals surface area contributed by atoms with Gasteiger partial charge in [-0.3, -0.25) is 4.79 Å². The number of para-hydroxylation sites is 1. The van der Waals surface area contributed by atoms with Gasteiger partial charge in [0.15, 0.2) is 0 Å². The molecule has 0 fully saturated rings. The van der Waals surface area contributed by atoms with Gasteiger partial charge in [-0.2, -0.15) is 13.9 Å². The standard InChI is InChI=1S/C16H13ClF2N2O2S/c17-12-5-7-13(8-6-12)24-10-15(22)21-20-9-11-3-1-2-4-14(11)23-16(18)19/h1-9,16H,10H2,(H,21,22)/b20-9-. The maximum atomic E-state index is 12.3. The fourth-order valence-electron chi connectivity index (χ4n) is 1.68.